The van der Waals surface area contributed by atoms with Crippen LogP contribution in [0.1, 0.15) is 11.1 Å². The molecule has 2 heterocycles. The molecule has 1 aromatic heterocycles. The van der Waals surface area contributed by atoms with E-state index in [4.69, 9.17) is 0 Å². The average Bonchev–Trinajstić information content (AvgIpc) is 3.38. The fraction of sp³-hybridized carbons (Fsp3) is 0.227. The highest BCUT2D eigenvalue weighted by Crippen LogP contribution is 2.25. The highest BCUT2D eigenvalue weighted by molar-refractivity contribution is 7.99. The lowest BCUT2D eigenvalue weighted by atomic mass is 10.1. The molecule has 4 rings (SSSR count). The van der Waals surface area contributed by atoms with Gasteiger partial charge in [0.2, 0.25) is 5.91 Å². The second kappa shape index (κ2) is 8.62. The van der Waals surface area contributed by atoms with Gasteiger partial charge in [-0.25, -0.2) is 9.78 Å². The number of urea groups is 1. The van der Waals surface area contributed by atoms with Crippen LogP contribution in [0.5, 0.6) is 0 Å². The van der Waals surface area contributed by atoms with Gasteiger partial charge >= 0.3 is 6.03 Å². The fourth-order valence-corrected chi connectivity index (χ4v) is 4.11. The number of hydrogen-bond acceptors (Lipinski definition) is 4. The van der Waals surface area contributed by atoms with Crippen molar-refractivity contribution in [3.05, 3.63) is 66.0 Å². The minimum atomic E-state index is -0.109. The van der Waals surface area contributed by atoms with Crippen LogP contribution in [-0.2, 0) is 4.79 Å². The standard InChI is InChI=1S/C22H23N5O2S/c1-15-4-3-5-19(16(15)2)27-13-11-24-22(27)30-14-20(28)25-17-6-8-18(9-7-17)26-12-10-23-21(26)29/h3-9,11,13H,10,12,14H2,1-2H3,(H,23,29)(H,25,28). The predicted molar refractivity (Wildman–Crippen MR) is 120 cm³/mol. The molecule has 0 bridgehead atoms. The number of benzene rings is 2. The molecule has 1 fully saturated rings. The maximum absolute atomic E-state index is 12.4. The molecule has 0 atom stereocenters. The lowest BCUT2D eigenvalue weighted by molar-refractivity contribution is -0.113. The number of carbonyl (C=O) groups is 2. The average molecular weight is 422 g/mol. The summed E-state index contributed by atoms with van der Waals surface area (Å²) < 4.78 is 2.01. The summed E-state index contributed by atoms with van der Waals surface area (Å²) in [4.78, 5) is 30.2. The van der Waals surface area contributed by atoms with Crippen molar-refractivity contribution in [2.75, 3.05) is 29.1 Å². The largest absolute Gasteiger partial charge is 0.336 e. The van der Waals surface area contributed by atoms with Gasteiger partial charge in [-0.3, -0.25) is 14.3 Å². The Morgan fingerprint density at radius 1 is 1.20 bits per heavy atom. The van der Waals surface area contributed by atoms with Crippen molar-refractivity contribution in [1.82, 2.24) is 14.9 Å². The van der Waals surface area contributed by atoms with Gasteiger partial charge in [-0.15, -0.1) is 0 Å². The second-order valence-electron chi connectivity index (χ2n) is 7.07. The summed E-state index contributed by atoms with van der Waals surface area (Å²) in [6, 6.07) is 13.3. The monoisotopic (exact) mass is 421 g/mol. The van der Waals surface area contributed by atoms with Crippen LogP contribution in [0.15, 0.2) is 60.0 Å². The lowest BCUT2D eigenvalue weighted by Gasteiger charge is -2.15. The Morgan fingerprint density at radius 2 is 2.00 bits per heavy atom. The molecule has 0 unspecified atom stereocenters. The van der Waals surface area contributed by atoms with Crippen LogP contribution < -0.4 is 15.5 Å². The number of imidazole rings is 1. The summed E-state index contributed by atoms with van der Waals surface area (Å²) >= 11 is 1.39. The van der Waals surface area contributed by atoms with Crippen LogP contribution in [0.25, 0.3) is 5.69 Å². The number of nitrogens with one attached hydrogen (secondary N) is 2. The molecular formula is C22H23N5O2S. The van der Waals surface area contributed by atoms with Crippen LogP contribution in [0, 0.1) is 13.8 Å². The maximum Gasteiger partial charge on any atom is 0.321 e. The molecule has 0 aliphatic carbocycles. The molecule has 7 nitrogen and oxygen atoms in total. The summed E-state index contributed by atoms with van der Waals surface area (Å²) in [5, 5.41) is 6.44. The van der Waals surface area contributed by atoms with Crippen LogP contribution in [0.3, 0.4) is 0 Å². The molecule has 0 saturated carbocycles. The van der Waals surface area contributed by atoms with Crippen molar-refractivity contribution >= 4 is 35.1 Å². The molecule has 154 valence electrons. The summed E-state index contributed by atoms with van der Waals surface area (Å²) in [6.07, 6.45) is 3.66. The van der Waals surface area contributed by atoms with Crippen LogP contribution in [0.2, 0.25) is 0 Å². The summed E-state index contributed by atoms with van der Waals surface area (Å²) in [5.74, 6) is 0.139. The van der Waals surface area contributed by atoms with Crippen molar-refractivity contribution in [3.8, 4) is 5.69 Å². The third-order valence-corrected chi connectivity index (χ3v) is 6.06. The Labute approximate surface area is 179 Å². The van der Waals surface area contributed by atoms with Crippen LogP contribution >= 0.6 is 11.8 Å². The van der Waals surface area contributed by atoms with E-state index in [0.29, 0.717) is 18.8 Å². The number of hydrogen-bond donors (Lipinski definition) is 2. The van der Waals surface area contributed by atoms with Gasteiger partial charge in [0.25, 0.3) is 0 Å². The molecule has 1 aliphatic rings. The molecule has 30 heavy (non-hydrogen) atoms. The molecule has 3 amide bonds. The highest BCUT2D eigenvalue weighted by atomic mass is 32.2. The molecule has 0 radical (unpaired) electrons. The quantitative estimate of drug-likeness (QED) is 0.594. The number of rotatable bonds is 6. The Balaban J connectivity index is 1.37. The van der Waals surface area contributed by atoms with Gasteiger partial charge in [0.1, 0.15) is 0 Å². The minimum absolute atomic E-state index is 0.0949. The third kappa shape index (κ3) is 4.18. The van der Waals surface area contributed by atoms with Crippen molar-refractivity contribution in [3.63, 3.8) is 0 Å². The zero-order chi connectivity index (χ0) is 21.1. The Bertz CT molecular complexity index is 1080. The van der Waals surface area contributed by atoms with E-state index in [2.05, 4.69) is 41.6 Å². The van der Waals surface area contributed by atoms with Crippen LogP contribution in [0.4, 0.5) is 16.2 Å². The zero-order valence-electron chi connectivity index (χ0n) is 16.9. The van der Waals surface area contributed by atoms with Crippen LogP contribution in [-0.4, -0.2) is 40.3 Å². The van der Waals surface area contributed by atoms with E-state index in [1.165, 1.54) is 22.9 Å². The van der Waals surface area contributed by atoms with E-state index in [9.17, 15) is 9.59 Å². The Kier molecular flexibility index (Phi) is 5.76. The number of carbonyl (C=O) groups excluding carboxylic acids is 2. The van der Waals surface area contributed by atoms with Gasteiger partial charge in [0, 0.05) is 36.9 Å². The number of aryl methyl sites for hydroxylation is 1. The summed E-state index contributed by atoms with van der Waals surface area (Å²) in [6.45, 7) is 5.46. The fourth-order valence-electron chi connectivity index (χ4n) is 3.35. The van der Waals surface area contributed by atoms with E-state index < -0.39 is 0 Å². The molecule has 1 aliphatic heterocycles. The first-order valence-corrected chi connectivity index (χ1v) is 10.7. The number of aromatic nitrogens is 2. The second-order valence-corrected chi connectivity index (χ2v) is 8.01. The summed E-state index contributed by atoms with van der Waals surface area (Å²) in [7, 11) is 0. The molecule has 8 heteroatoms. The van der Waals surface area contributed by atoms with E-state index in [0.717, 1.165) is 16.5 Å². The first-order chi connectivity index (χ1) is 14.5. The van der Waals surface area contributed by atoms with E-state index in [1.54, 1.807) is 23.2 Å². The van der Waals surface area contributed by atoms with Crippen molar-refractivity contribution in [2.24, 2.45) is 0 Å². The van der Waals surface area contributed by atoms with Gasteiger partial charge in [0.05, 0.1) is 11.4 Å². The van der Waals surface area contributed by atoms with Gasteiger partial charge < -0.3 is 10.6 Å². The molecular weight excluding hydrogens is 398 g/mol. The topological polar surface area (TPSA) is 79.3 Å². The molecule has 1 saturated heterocycles. The molecule has 0 spiro atoms. The lowest BCUT2D eigenvalue weighted by Crippen LogP contribution is -2.27. The van der Waals surface area contributed by atoms with Crippen molar-refractivity contribution in [1.29, 1.82) is 0 Å². The highest BCUT2D eigenvalue weighted by Gasteiger charge is 2.20. The number of nitrogens with zero attached hydrogens (tertiary/aromatic N) is 3. The van der Waals surface area contributed by atoms with Crippen molar-refractivity contribution in [2.45, 2.75) is 19.0 Å². The molecule has 2 N–H and O–H groups in total. The third-order valence-electron chi connectivity index (χ3n) is 5.09. The first kappa shape index (κ1) is 20.0. The number of amides is 3. The van der Waals surface area contributed by atoms with E-state index in [1.807, 2.05) is 29.0 Å². The van der Waals surface area contributed by atoms with Crippen molar-refractivity contribution < 1.29 is 9.59 Å². The predicted octanol–water partition coefficient (Wildman–Crippen LogP) is 3.75. The Hall–Kier alpha value is -3.26. The summed E-state index contributed by atoms with van der Waals surface area (Å²) in [5.41, 5.74) is 4.98. The van der Waals surface area contributed by atoms with E-state index in [-0.39, 0.29) is 17.7 Å². The first-order valence-electron chi connectivity index (χ1n) is 9.71. The molecule has 3 aromatic rings. The minimum Gasteiger partial charge on any atom is -0.336 e. The van der Waals surface area contributed by atoms with Gasteiger partial charge in [-0.1, -0.05) is 23.9 Å². The SMILES string of the molecule is Cc1cccc(-n2ccnc2SCC(=O)Nc2ccc(N3CCNC3=O)cc2)c1C. The smallest absolute Gasteiger partial charge is 0.321 e. The van der Waals surface area contributed by atoms with Gasteiger partial charge in [0.15, 0.2) is 5.16 Å². The van der Waals surface area contributed by atoms with E-state index >= 15 is 0 Å². The number of thioether (sulfide) groups is 1. The maximum atomic E-state index is 12.4. The normalized spacial score (nSPS) is 13.4. The molecule has 2 aromatic carbocycles. The zero-order valence-corrected chi connectivity index (χ0v) is 17.7. The van der Waals surface area contributed by atoms with Gasteiger partial charge in [-0.2, -0.15) is 0 Å². The number of anilines is 2. The Morgan fingerprint density at radius 3 is 2.73 bits per heavy atom. The van der Waals surface area contributed by atoms with Gasteiger partial charge in [-0.05, 0) is 55.3 Å².